The largest absolute Gasteiger partial charge is 0.317 e. The van der Waals surface area contributed by atoms with E-state index in [9.17, 15) is 0 Å². The van der Waals surface area contributed by atoms with Crippen LogP contribution in [0.2, 0.25) is 0 Å². The second-order valence-electron chi connectivity index (χ2n) is 5.97. The average Bonchev–Trinajstić information content (AvgIpc) is 2.26. The van der Waals surface area contributed by atoms with E-state index in [2.05, 4.69) is 31.0 Å². The Morgan fingerprint density at radius 3 is 2.29 bits per heavy atom. The second-order valence-corrected chi connectivity index (χ2v) is 5.97. The highest BCUT2D eigenvalue weighted by Gasteiger charge is 2.20. The van der Waals surface area contributed by atoms with Gasteiger partial charge >= 0.3 is 0 Å². The normalized spacial score (nSPS) is 26.3. The molecule has 102 valence electrons. The summed E-state index contributed by atoms with van der Waals surface area (Å²) in [6.07, 6.45) is 6.97. The molecule has 1 heterocycles. The molecule has 2 heteroatoms. The standard InChI is InChI=1S/C15H32N2/c1-4-16-9-7-5-6-8-10-17-12-14(2)11-15(3)13-17/h14-16H,4-13H2,1-3H3. The number of nitrogens with zero attached hydrogens (tertiary/aromatic N) is 1. The highest BCUT2D eigenvalue weighted by Crippen LogP contribution is 2.21. The van der Waals surface area contributed by atoms with Crippen molar-refractivity contribution in [3.63, 3.8) is 0 Å². The van der Waals surface area contributed by atoms with Gasteiger partial charge in [-0.1, -0.05) is 33.6 Å². The highest BCUT2D eigenvalue weighted by molar-refractivity contribution is 4.74. The van der Waals surface area contributed by atoms with Gasteiger partial charge < -0.3 is 10.2 Å². The van der Waals surface area contributed by atoms with Crippen LogP contribution in [0.25, 0.3) is 0 Å². The van der Waals surface area contributed by atoms with Crippen molar-refractivity contribution in [3.8, 4) is 0 Å². The predicted molar refractivity (Wildman–Crippen MR) is 76.4 cm³/mol. The summed E-state index contributed by atoms with van der Waals surface area (Å²) in [6, 6.07) is 0. The third-order valence-corrected chi connectivity index (χ3v) is 3.77. The number of likely N-dealkylation sites (tertiary alicyclic amines) is 1. The minimum absolute atomic E-state index is 0.910. The van der Waals surface area contributed by atoms with E-state index in [4.69, 9.17) is 0 Å². The van der Waals surface area contributed by atoms with Crippen molar-refractivity contribution >= 4 is 0 Å². The molecule has 1 fully saturated rings. The molecule has 1 rings (SSSR count). The third-order valence-electron chi connectivity index (χ3n) is 3.77. The van der Waals surface area contributed by atoms with Gasteiger partial charge in [0.05, 0.1) is 0 Å². The van der Waals surface area contributed by atoms with Crippen LogP contribution in [-0.2, 0) is 0 Å². The van der Waals surface area contributed by atoms with Crippen LogP contribution in [0.5, 0.6) is 0 Å². The molecule has 0 saturated carbocycles. The van der Waals surface area contributed by atoms with Crippen molar-refractivity contribution in [2.75, 3.05) is 32.7 Å². The molecule has 17 heavy (non-hydrogen) atoms. The summed E-state index contributed by atoms with van der Waals surface area (Å²) in [5.41, 5.74) is 0. The van der Waals surface area contributed by atoms with Gasteiger partial charge in [0.2, 0.25) is 0 Å². The van der Waals surface area contributed by atoms with Gasteiger partial charge in [-0.3, -0.25) is 0 Å². The Bertz CT molecular complexity index is 172. The van der Waals surface area contributed by atoms with E-state index in [0.29, 0.717) is 0 Å². The van der Waals surface area contributed by atoms with Crippen LogP contribution in [0.3, 0.4) is 0 Å². The minimum atomic E-state index is 0.910. The molecule has 0 amide bonds. The fourth-order valence-corrected chi connectivity index (χ4v) is 3.09. The molecule has 0 aromatic carbocycles. The lowest BCUT2D eigenvalue weighted by Gasteiger charge is -2.34. The topological polar surface area (TPSA) is 15.3 Å². The third kappa shape index (κ3) is 7.05. The number of unbranched alkanes of at least 4 members (excludes halogenated alkanes) is 3. The molecule has 1 N–H and O–H groups in total. The van der Waals surface area contributed by atoms with Crippen LogP contribution in [0, 0.1) is 11.8 Å². The summed E-state index contributed by atoms with van der Waals surface area (Å²) in [4.78, 5) is 2.68. The Morgan fingerprint density at radius 2 is 1.65 bits per heavy atom. The molecule has 0 bridgehead atoms. The molecular weight excluding hydrogens is 208 g/mol. The summed E-state index contributed by atoms with van der Waals surface area (Å²) in [6.45, 7) is 13.3. The number of hydrogen-bond donors (Lipinski definition) is 1. The summed E-state index contributed by atoms with van der Waals surface area (Å²) in [7, 11) is 0. The van der Waals surface area contributed by atoms with Crippen LogP contribution >= 0.6 is 0 Å². The van der Waals surface area contributed by atoms with Crippen molar-refractivity contribution < 1.29 is 0 Å². The van der Waals surface area contributed by atoms with E-state index in [-0.39, 0.29) is 0 Å². The quantitative estimate of drug-likeness (QED) is 0.656. The number of piperidine rings is 1. The van der Waals surface area contributed by atoms with E-state index in [1.807, 2.05) is 0 Å². The summed E-state index contributed by atoms with van der Waals surface area (Å²) < 4.78 is 0. The number of hydrogen-bond acceptors (Lipinski definition) is 2. The van der Waals surface area contributed by atoms with E-state index >= 15 is 0 Å². The molecule has 0 spiro atoms. The fourth-order valence-electron chi connectivity index (χ4n) is 3.09. The molecule has 2 nitrogen and oxygen atoms in total. The molecule has 0 aromatic rings. The zero-order valence-corrected chi connectivity index (χ0v) is 12.2. The first kappa shape index (κ1) is 15.0. The highest BCUT2D eigenvalue weighted by atomic mass is 15.1. The second kappa shape index (κ2) is 8.93. The molecular formula is C15H32N2. The van der Waals surface area contributed by atoms with E-state index in [1.165, 1.54) is 58.3 Å². The summed E-state index contributed by atoms with van der Waals surface area (Å²) >= 11 is 0. The maximum absolute atomic E-state index is 3.39. The minimum Gasteiger partial charge on any atom is -0.317 e. The summed E-state index contributed by atoms with van der Waals surface area (Å²) in [5.74, 6) is 1.82. The van der Waals surface area contributed by atoms with Gasteiger partial charge in [0.15, 0.2) is 0 Å². The van der Waals surface area contributed by atoms with Gasteiger partial charge in [-0.15, -0.1) is 0 Å². The van der Waals surface area contributed by atoms with Gasteiger partial charge in [0.25, 0.3) is 0 Å². The van der Waals surface area contributed by atoms with Crippen LogP contribution in [-0.4, -0.2) is 37.6 Å². The van der Waals surface area contributed by atoms with E-state index in [1.54, 1.807) is 0 Å². The smallest absolute Gasteiger partial charge is 0.000724 e. The van der Waals surface area contributed by atoms with Crippen LogP contribution in [0.4, 0.5) is 0 Å². The van der Waals surface area contributed by atoms with Gasteiger partial charge in [0, 0.05) is 13.1 Å². The first-order chi connectivity index (χ1) is 8.22. The van der Waals surface area contributed by atoms with Gasteiger partial charge in [0.1, 0.15) is 0 Å². The number of nitrogens with one attached hydrogen (secondary N) is 1. The maximum Gasteiger partial charge on any atom is 0.000724 e. The van der Waals surface area contributed by atoms with Gasteiger partial charge in [-0.2, -0.15) is 0 Å². The molecule has 1 saturated heterocycles. The maximum atomic E-state index is 3.39. The fraction of sp³-hybridized carbons (Fsp3) is 1.00. The van der Waals surface area contributed by atoms with E-state index in [0.717, 1.165) is 18.4 Å². The van der Waals surface area contributed by atoms with Crippen molar-refractivity contribution in [1.82, 2.24) is 10.2 Å². The molecule has 2 atom stereocenters. The molecule has 0 aromatic heterocycles. The van der Waals surface area contributed by atoms with Gasteiger partial charge in [-0.05, 0) is 50.7 Å². The summed E-state index contributed by atoms with van der Waals surface area (Å²) in [5, 5.41) is 3.39. The van der Waals surface area contributed by atoms with Gasteiger partial charge in [-0.25, -0.2) is 0 Å². The molecule has 2 unspecified atom stereocenters. The predicted octanol–water partition coefficient (Wildman–Crippen LogP) is 3.13. The van der Waals surface area contributed by atoms with Crippen LogP contribution in [0.15, 0.2) is 0 Å². The zero-order valence-electron chi connectivity index (χ0n) is 12.2. The molecule has 1 aliphatic rings. The lowest BCUT2D eigenvalue weighted by molar-refractivity contribution is 0.138. The van der Waals surface area contributed by atoms with Crippen molar-refractivity contribution in [2.45, 2.75) is 52.9 Å². The van der Waals surface area contributed by atoms with Crippen molar-refractivity contribution in [3.05, 3.63) is 0 Å². The first-order valence-corrected chi connectivity index (χ1v) is 7.65. The first-order valence-electron chi connectivity index (χ1n) is 7.65. The Labute approximate surface area is 108 Å². The Morgan fingerprint density at radius 1 is 1.00 bits per heavy atom. The monoisotopic (exact) mass is 240 g/mol. The Kier molecular flexibility index (Phi) is 7.87. The molecule has 0 aliphatic carbocycles. The zero-order chi connectivity index (χ0) is 12.5. The molecule has 0 radical (unpaired) electrons. The Balaban J connectivity index is 1.95. The Hall–Kier alpha value is -0.0800. The average molecular weight is 240 g/mol. The van der Waals surface area contributed by atoms with Crippen LogP contribution < -0.4 is 5.32 Å². The lowest BCUT2D eigenvalue weighted by Crippen LogP contribution is -2.39. The van der Waals surface area contributed by atoms with Crippen molar-refractivity contribution in [2.24, 2.45) is 11.8 Å². The lowest BCUT2D eigenvalue weighted by atomic mass is 9.92. The van der Waals surface area contributed by atoms with E-state index < -0.39 is 0 Å². The van der Waals surface area contributed by atoms with Crippen molar-refractivity contribution in [1.29, 1.82) is 0 Å². The number of rotatable bonds is 8. The molecule has 1 aliphatic heterocycles. The SMILES string of the molecule is CCNCCCCCCN1CC(C)CC(C)C1. The van der Waals surface area contributed by atoms with Crippen LogP contribution in [0.1, 0.15) is 52.9 Å².